The van der Waals surface area contributed by atoms with Crippen LogP contribution in [0.5, 0.6) is 0 Å². The third-order valence-electron chi connectivity index (χ3n) is 5.64. The van der Waals surface area contributed by atoms with E-state index in [2.05, 4.69) is 17.1 Å². The molecular formula is C22H24ClN3O2. The van der Waals surface area contributed by atoms with Gasteiger partial charge in [-0.05, 0) is 56.6 Å². The van der Waals surface area contributed by atoms with Crippen LogP contribution in [0.15, 0.2) is 42.5 Å². The van der Waals surface area contributed by atoms with Crippen molar-refractivity contribution in [2.24, 2.45) is 0 Å². The number of carbonyl (C=O) groups excluding carboxylic acids is 2. The predicted molar refractivity (Wildman–Crippen MR) is 112 cm³/mol. The molecule has 2 aromatic rings. The number of nitrogens with one attached hydrogen (secondary N) is 1. The molecule has 2 aliphatic heterocycles. The molecule has 0 aromatic heterocycles. The van der Waals surface area contributed by atoms with E-state index in [0.717, 1.165) is 13.1 Å². The van der Waals surface area contributed by atoms with E-state index < -0.39 is 0 Å². The highest BCUT2D eigenvalue weighted by Gasteiger charge is 2.30. The van der Waals surface area contributed by atoms with Crippen LogP contribution in [0.2, 0.25) is 5.02 Å². The molecular weight excluding hydrogens is 374 g/mol. The van der Waals surface area contributed by atoms with Crippen molar-refractivity contribution in [3.63, 3.8) is 0 Å². The summed E-state index contributed by atoms with van der Waals surface area (Å²) < 4.78 is 0. The van der Waals surface area contributed by atoms with Gasteiger partial charge in [-0.15, -0.1) is 0 Å². The zero-order valence-electron chi connectivity index (χ0n) is 16.0. The first-order valence-corrected chi connectivity index (χ1v) is 10.2. The lowest BCUT2D eigenvalue weighted by molar-refractivity contribution is -0.118. The largest absolute Gasteiger partial charge is 0.320 e. The molecule has 1 atom stereocenters. The Hall–Kier alpha value is -2.37. The smallest absolute Gasteiger partial charge is 0.257 e. The van der Waals surface area contributed by atoms with Gasteiger partial charge in [-0.1, -0.05) is 30.2 Å². The molecule has 2 amide bonds. The SMILES string of the molecule is CC1CCCCN1CCC(=O)N1c2ccccc2NC(=O)c2cc(Cl)ccc21. The molecule has 0 aliphatic carbocycles. The maximum Gasteiger partial charge on any atom is 0.257 e. The van der Waals surface area contributed by atoms with Crippen LogP contribution in [-0.2, 0) is 4.79 Å². The van der Waals surface area contributed by atoms with Crippen LogP contribution in [0.1, 0.15) is 43.0 Å². The summed E-state index contributed by atoms with van der Waals surface area (Å²) in [6.07, 6.45) is 4.02. The Kier molecular flexibility index (Phi) is 5.38. The normalized spacial score (nSPS) is 19.4. The summed E-state index contributed by atoms with van der Waals surface area (Å²) in [5.41, 5.74) is 2.29. The number of hydrogen-bond donors (Lipinski definition) is 1. The number of fused-ring (bicyclic) bond motifs is 2. The second-order valence-corrected chi connectivity index (χ2v) is 7.93. The fourth-order valence-corrected chi connectivity index (χ4v) is 4.26. The van der Waals surface area contributed by atoms with Gasteiger partial charge in [-0.3, -0.25) is 14.5 Å². The van der Waals surface area contributed by atoms with Crippen molar-refractivity contribution in [2.75, 3.05) is 23.3 Å². The lowest BCUT2D eigenvalue weighted by Gasteiger charge is -2.33. The zero-order valence-corrected chi connectivity index (χ0v) is 16.7. The number of halogens is 1. The van der Waals surface area contributed by atoms with Crippen LogP contribution in [0.3, 0.4) is 0 Å². The summed E-state index contributed by atoms with van der Waals surface area (Å²) in [4.78, 5) is 30.1. The predicted octanol–water partition coefficient (Wildman–Crippen LogP) is 4.83. The fraction of sp³-hybridized carbons (Fsp3) is 0.364. The third kappa shape index (κ3) is 3.64. The number of piperidine rings is 1. The lowest BCUT2D eigenvalue weighted by Crippen LogP contribution is -2.40. The Labute approximate surface area is 170 Å². The standard InChI is InChI=1S/C22H24ClN3O2/c1-15-6-4-5-12-25(15)13-11-21(27)26-19-10-9-16(23)14-17(19)22(28)24-18-7-2-3-8-20(18)26/h2-3,7-10,14-15H,4-6,11-13H2,1H3,(H,24,28). The third-order valence-corrected chi connectivity index (χ3v) is 5.88. The molecule has 4 rings (SSSR count). The average Bonchev–Trinajstić information content (AvgIpc) is 2.81. The minimum absolute atomic E-state index is 0.0229. The van der Waals surface area contributed by atoms with Crippen molar-refractivity contribution in [3.05, 3.63) is 53.1 Å². The minimum atomic E-state index is -0.259. The van der Waals surface area contributed by atoms with Gasteiger partial charge < -0.3 is 10.2 Å². The van der Waals surface area contributed by atoms with Crippen molar-refractivity contribution in [2.45, 2.75) is 38.6 Å². The van der Waals surface area contributed by atoms with E-state index >= 15 is 0 Å². The molecule has 1 saturated heterocycles. The Morgan fingerprint density at radius 1 is 1.18 bits per heavy atom. The Morgan fingerprint density at radius 3 is 2.82 bits per heavy atom. The van der Waals surface area contributed by atoms with Crippen LogP contribution in [-0.4, -0.2) is 35.8 Å². The number of likely N-dealkylation sites (tertiary alicyclic amines) is 1. The van der Waals surface area contributed by atoms with E-state index in [1.54, 1.807) is 23.1 Å². The summed E-state index contributed by atoms with van der Waals surface area (Å²) in [6, 6.07) is 13.0. The molecule has 1 fully saturated rings. The molecule has 0 saturated carbocycles. The van der Waals surface area contributed by atoms with Gasteiger partial charge in [0.15, 0.2) is 0 Å². The summed E-state index contributed by atoms with van der Waals surface area (Å²) >= 11 is 6.12. The number of para-hydroxylation sites is 2. The molecule has 0 radical (unpaired) electrons. The Balaban J connectivity index is 1.67. The van der Waals surface area contributed by atoms with Gasteiger partial charge in [0.05, 0.1) is 22.6 Å². The molecule has 28 heavy (non-hydrogen) atoms. The molecule has 2 aromatic carbocycles. The molecule has 6 heteroatoms. The first-order valence-electron chi connectivity index (χ1n) is 9.81. The number of anilines is 3. The van der Waals surface area contributed by atoms with Gasteiger partial charge in [0, 0.05) is 24.0 Å². The lowest BCUT2D eigenvalue weighted by atomic mass is 10.0. The number of benzene rings is 2. The molecule has 2 aliphatic rings. The van der Waals surface area contributed by atoms with E-state index in [0.29, 0.717) is 40.1 Å². The van der Waals surface area contributed by atoms with Crippen molar-refractivity contribution in [1.82, 2.24) is 4.90 Å². The molecule has 5 nitrogen and oxygen atoms in total. The highest BCUT2D eigenvalue weighted by Crippen LogP contribution is 2.39. The average molecular weight is 398 g/mol. The summed E-state index contributed by atoms with van der Waals surface area (Å²) in [6.45, 7) is 3.99. The minimum Gasteiger partial charge on any atom is -0.320 e. The monoisotopic (exact) mass is 397 g/mol. The number of carbonyl (C=O) groups is 2. The van der Waals surface area contributed by atoms with E-state index in [1.807, 2.05) is 24.3 Å². The summed E-state index contributed by atoms with van der Waals surface area (Å²) in [5.74, 6) is -0.282. The van der Waals surface area contributed by atoms with Gasteiger partial charge in [0.25, 0.3) is 5.91 Å². The number of rotatable bonds is 3. The Bertz CT molecular complexity index is 914. The van der Waals surface area contributed by atoms with Gasteiger partial charge in [-0.2, -0.15) is 0 Å². The van der Waals surface area contributed by atoms with Crippen LogP contribution in [0.4, 0.5) is 17.1 Å². The van der Waals surface area contributed by atoms with Crippen molar-refractivity contribution >= 4 is 40.5 Å². The van der Waals surface area contributed by atoms with E-state index in [1.165, 1.54) is 19.3 Å². The number of hydrogen-bond acceptors (Lipinski definition) is 3. The maximum atomic E-state index is 13.3. The van der Waals surface area contributed by atoms with Crippen LogP contribution in [0.25, 0.3) is 0 Å². The van der Waals surface area contributed by atoms with Gasteiger partial charge in [-0.25, -0.2) is 0 Å². The van der Waals surface area contributed by atoms with Crippen LogP contribution >= 0.6 is 11.6 Å². The zero-order chi connectivity index (χ0) is 19.7. The van der Waals surface area contributed by atoms with Crippen molar-refractivity contribution < 1.29 is 9.59 Å². The summed E-state index contributed by atoms with van der Waals surface area (Å²) in [5, 5.41) is 3.37. The first kappa shape index (κ1) is 19.0. The van der Waals surface area contributed by atoms with Crippen molar-refractivity contribution in [3.8, 4) is 0 Å². The summed E-state index contributed by atoms with van der Waals surface area (Å²) in [7, 11) is 0. The van der Waals surface area contributed by atoms with Crippen LogP contribution < -0.4 is 10.2 Å². The molecule has 1 N–H and O–H groups in total. The topological polar surface area (TPSA) is 52.7 Å². The van der Waals surface area contributed by atoms with Gasteiger partial charge in [0.1, 0.15) is 0 Å². The fourth-order valence-electron chi connectivity index (χ4n) is 4.09. The molecule has 1 unspecified atom stereocenters. The maximum absolute atomic E-state index is 13.3. The molecule has 0 bridgehead atoms. The first-order chi connectivity index (χ1) is 13.5. The van der Waals surface area contributed by atoms with Gasteiger partial charge >= 0.3 is 0 Å². The second kappa shape index (κ2) is 7.94. The van der Waals surface area contributed by atoms with Crippen molar-refractivity contribution in [1.29, 1.82) is 0 Å². The Morgan fingerprint density at radius 2 is 2.00 bits per heavy atom. The molecule has 0 spiro atoms. The highest BCUT2D eigenvalue weighted by atomic mass is 35.5. The highest BCUT2D eigenvalue weighted by molar-refractivity contribution is 6.31. The molecule has 2 heterocycles. The van der Waals surface area contributed by atoms with E-state index in [9.17, 15) is 9.59 Å². The van der Waals surface area contributed by atoms with E-state index in [4.69, 9.17) is 11.6 Å². The molecule has 146 valence electrons. The number of amides is 2. The van der Waals surface area contributed by atoms with E-state index in [-0.39, 0.29) is 11.8 Å². The van der Waals surface area contributed by atoms with Gasteiger partial charge in [0.2, 0.25) is 5.91 Å². The van der Waals surface area contributed by atoms with Crippen LogP contribution in [0, 0.1) is 0 Å². The second-order valence-electron chi connectivity index (χ2n) is 7.49. The quantitative estimate of drug-likeness (QED) is 0.806. The number of nitrogens with zero attached hydrogens (tertiary/aromatic N) is 2.